The highest BCUT2D eigenvalue weighted by molar-refractivity contribution is 7.90. The Balaban J connectivity index is 3.27. The zero-order valence-electron chi connectivity index (χ0n) is 11.5. The van der Waals surface area contributed by atoms with Crippen molar-refractivity contribution in [2.75, 3.05) is 0 Å². The van der Waals surface area contributed by atoms with Gasteiger partial charge in [0.2, 0.25) is 4.93 Å². The van der Waals surface area contributed by atoms with E-state index in [0.29, 0.717) is 0 Å². The smallest absolute Gasteiger partial charge is 0.283 e. The molecule has 0 fully saturated rings. The standard InChI is InChI=1S/C12H18O6S2/c1-4-12(5-2,20(15,16)17)18-19(13,14)11-8-6-10(3)7-9-11/h6-9H,4-5H2,1-3H3,(H,15,16,17). The molecule has 114 valence electrons. The van der Waals surface area contributed by atoms with E-state index < -0.39 is 25.2 Å². The maximum Gasteiger partial charge on any atom is 0.298 e. The van der Waals surface area contributed by atoms with Gasteiger partial charge in [0.1, 0.15) is 0 Å². The quantitative estimate of drug-likeness (QED) is 0.636. The second kappa shape index (κ2) is 5.80. The second-order valence-electron chi connectivity index (χ2n) is 4.44. The molecule has 0 aromatic heterocycles. The van der Waals surface area contributed by atoms with Crippen LogP contribution in [-0.2, 0) is 24.4 Å². The van der Waals surface area contributed by atoms with Gasteiger partial charge in [0, 0.05) is 0 Å². The maximum atomic E-state index is 12.1. The largest absolute Gasteiger partial charge is 0.298 e. The molecule has 0 spiro atoms. The average molecular weight is 322 g/mol. The van der Waals surface area contributed by atoms with Gasteiger partial charge in [-0.25, -0.2) is 4.18 Å². The maximum absolute atomic E-state index is 12.1. The van der Waals surface area contributed by atoms with E-state index in [4.69, 9.17) is 4.18 Å². The van der Waals surface area contributed by atoms with Crippen molar-refractivity contribution < 1.29 is 25.6 Å². The van der Waals surface area contributed by atoms with Crippen LogP contribution in [0.2, 0.25) is 0 Å². The van der Waals surface area contributed by atoms with Gasteiger partial charge in [-0.1, -0.05) is 31.5 Å². The van der Waals surface area contributed by atoms with Crippen molar-refractivity contribution >= 4 is 20.2 Å². The molecule has 0 bridgehead atoms. The van der Waals surface area contributed by atoms with E-state index in [9.17, 15) is 21.4 Å². The predicted molar refractivity (Wildman–Crippen MR) is 74.3 cm³/mol. The van der Waals surface area contributed by atoms with Crippen LogP contribution in [0.5, 0.6) is 0 Å². The van der Waals surface area contributed by atoms with Crippen LogP contribution in [0.4, 0.5) is 0 Å². The van der Waals surface area contributed by atoms with Crippen LogP contribution in [0.1, 0.15) is 32.3 Å². The molecule has 6 nitrogen and oxygen atoms in total. The minimum absolute atomic E-state index is 0.155. The summed E-state index contributed by atoms with van der Waals surface area (Å²) in [4.78, 5) is -2.31. The first kappa shape index (κ1) is 17.1. The summed E-state index contributed by atoms with van der Waals surface area (Å²) in [7, 11) is -8.96. The molecule has 1 aromatic carbocycles. The minimum Gasteiger partial charge on any atom is -0.283 e. The van der Waals surface area contributed by atoms with Gasteiger partial charge in [0.15, 0.2) is 0 Å². The molecule has 0 saturated carbocycles. The Morgan fingerprint density at radius 2 is 1.50 bits per heavy atom. The Labute approximate surface area is 119 Å². The van der Waals surface area contributed by atoms with Crippen molar-refractivity contribution in [3.8, 4) is 0 Å². The van der Waals surface area contributed by atoms with Gasteiger partial charge < -0.3 is 0 Å². The monoisotopic (exact) mass is 322 g/mol. The summed E-state index contributed by atoms with van der Waals surface area (Å²) in [5.41, 5.74) is 0.857. The number of benzene rings is 1. The van der Waals surface area contributed by atoms with E-state index in [1.54, 1.807) is 19.1 Å². The van der Waals surface area contributed by atoms with Crippen molar-refractivity contribution in [2.45, 2.75) is 43.4 Å². The number of rotatable bonds is 6. The fourth-order valence-corrected chi connectivity index (χ4v) is 4.27. The van der Waals surface area contributed by atoms with Crippen LogP contribution in [0, 0.1) is 6.92 Å². The second-order valence-corrected chi connectivity index (χ2v) is 7.68. The van der Waals surface area contributed by atoms with Crippen molar-refractivity contribution in [1.82, 2.24) is 0 Å². The molecular formula is C12H18O6S2. The molecule has 0 heterocycles. The van der Waals surface area contributed by atoms with Gasteiger partial charge in [-0.2, -0.15) is 16.8 Å². The molecule has 1 N–H and O–H groups in total. The van der Waals surface area contributed by atoms with E-state index in [-0.39, 0.29) is 17.7 Å². The lowest BCUT2D eigenvalue weighted by molar-refractivity contribution is 0.139. The molecule has 20 heavy (non-hydrogen) atoms. The molecule has 0 atom stereocenters. The van der Waals surface area contributed by atoms with Crippen LogP contribution < -0.4 is 0 Å². The third kappa shape index (κ3) is 3.38. The predicted octanol–water partition coefficient (Wildman–Crippen LogP) is 2.10. The van der Waals surface area contributed by atoms with Crippen LogP contribution in [0.15, 0.2) is 29.2 Å². The van der Waals surface area contributed by atoms with Gasteiger partial charge in [-0.05, 0) is 31.9 Å². The van der Waals surface area contributed by atoms with Crippen LogP contribution in [-0.4, -0.2) is 26.3 Å². The first-order valence-electron chi connectivity index (χ1n) is 6.07. The summed E-state index contributed by atoms with van der Waals surface area (Å²) >= 11 is 0. The Hall–Kier alpha value is -0.960. The van der Waals surface area contributed by atoms with Gasteiger partial charge in [0.25, 0.3) is 20.2 Å². The van der Waals surface area contributed by atoms with E-state index in [0.717, 1.165) is 5.56 Å². The normalized spacial score (nSPS) is 13.4. The Morgan fingerprint density at radius 3 is 1.85 bits per heavy atom. The van der Waals surface area contributed by atoms with Crippen molar-refractivity contribution in [3.05, 3.63) is 29.8 Å². The Morgan fingerprint density at radius 1 is 1.05 bits per heavy atom. The summed E-state index contributed by atoms with van der Waals surface area (Å²) in [5.74, 6) is 0. The molecule has 0 saturated heterocycles. The molecule has 1 rings (SSSR count). The average Bonchev–Trinajstić information content (AvgIpc) is 2.35. The minimum atomic E-state index is -4.68. The highest BCUT2D eigenvalue weighted by Gasteiger charge is 2.45. The molecule has 0 amide bonds. The summed E-state index contributed by atoms with van der Waals surface area (Å²) in [6, 6.07) is 5.79. The lowest BCUT2D eigenvalue weighted by atomic mass is 10.2. The van der Waals surface area contributed by atoms with Crippen LogP contribution >= 0.6 is 0 Å². The summed E-state index contributed by atoms with van der Waals surface area (Å²) in [6.07, 6.45) is -0.374. The van der Waals surface area contributed by atoms with E-state index >= 15 is 0 Å². The van der Waals surface area contributed by atoms with Gasteiger partial charge >= 0.3 is 0 Å². The lowest BCUT2D eigenvalue weighted by Gasteiger charge is -2.27. The third-order valence-electron chi connectivity index (χ3n) is 3.12. The summed E-state index contributed by atoms with van der Waals surface area (Å²) in [5, 5.41) is 0. The topological polar surface area (TPSA) is 97.7 Å². The van der Waals surface area contributed by atoms with Gasteiger partial charge in [-0.3, -0.25) is 4.55 Å². The Bertz CT molecular complexity index is 654. The Kier molecular flexibility index (Phi) is 4.96. The summed E-state index contributed by atoms with van der Waals surface area (Å²) in [6.45, 7) is 4.65. The number of hydrogen-bond donors (Lipinski definition) is 1. The number of hydrogen-bond acceptors (Lipinski definition) is 5. The highest BCUT2D eigenvalue weighted by Crippen LogP contribution is 2.31. The van der Waals surface area contributed by atoms with Crippen molar-refractivity contribution in [3.63, 3.8) is 0 Å². The molecule has 0 aliphatic heterocycles. The molecule has 1 aromatic rings. The third-order valence-corrected chi connectivity index (χ3v) is 6.21. The molecule has 0 radical (unpaired) electrons. The van der Waals surface area contributed by atoms with E-state index in [1.807, 2.05) is 0 Å². The van der Waals surface area contributed by atoms with Crippen LogP contribution in [0.3, 0.4) is 0 Å². The molecule has 0 unspecified atom stereocenters. The van der Waals surface area contributed by atoms with Crippen molar-refractivity contribution in [1.29, 1.82) is 0 Å². The zero-order chi connectivity index (χ0) is 15.6. The zero-order valence-corrected chi connectivity index (χ0v) is 13.2. The first-order valence-corrected chi connectivity index (χ1v) is 8.92. The SMILES string of the molecule is CCC(CC)(OS(=O)(=O)c1ccc(C)cc1)S(=O)(=O)O. The highest BCUT2D eigenvalue weighted by atomic mass is 32.2. The molecule has 0 aliphatic rings. The molecular weight excluding hydrogens is 304 g/mol. The van der Waals surface area contributed by atoms with Crippen molar-refractivity contribution in [2.24, 2.45) is 0 Å². The first-order chi connectivity index (χ1) is 9.08. The number of aryl methyl sites for hydroxylation is 1. The fourth-order valence-electron chi connectivity index (χ4n) is 1.73. The van der Waals surface area contributed by atoms with E-state index in [1.165, 1.54) is 26.0 Å². The molecule has 0 aliphatic carbocycles. The molecule has 8 heteroatoms. The summed E-state index contributed by atoms with van der Waals surface area (Å²) < 4.78 is 61.3. The lowest BCUT2D eigenvalue weighted by Crippen LogP contribution is -2.41. The van der Waals surface area contributed by atoms with Gasteiger partial charge in [-0.15, -0.1) is 0 Å². The van der Waals surface area contributed by atoms with Crippen LogP contribution in [0.25, 0.3) is 0 Å². The van der Waals surface area contributed by atoms with Gasteiger partial charge in [0.05, 0.1) is 4.90 Å². The fraction of sp³-hybridized carbons (Fsp3) is 0.500. The van der Waals surface area contributed by atoms with E-state index in [2.05, 4.69) is 0 Å².